The number of hydrogen-bond donors (Lipinski definition) is 3. The highest BCUT2D eigenvalue weighted by atomic mass is 32.1. The van der Waals surface area contributed by atoms with Crippen LogP contribution in [0.3, 0.4) is 0 Å². The zero-order valence-corrected chi connectivity index (χ0v) is 33.6. The number of nitriles is 1. The number of nitrogens with zero attached hydrogens (tertiary/aromatic N) is 5. The van der Waals surface area contributed by atoms with Crippen LogP contribution in [0.25, 0.3) is 0 Å². The number of amides is 4. The third kappa shape index (κ3) is 9.42. The first-order valence-electron chi connectivity index (χ1n) is 19.7. The molecule has 3 atom stereocenters. The van der Waals surface area contributed by atoms with Crippen LogP contribution in [0.2, 0.25) is 0 Å². The van der Waals surface area contributed by atoms with Crippen molar-refractivity contribution in [3.63, 3.8) is 0 Å². The summed E-state index contributed by atoms with van der Waals surface area (Å²) in [5.41, 5.74) is -1.31. The van der Waals surface area contributed by atoms with Crippen molar-refractivity contribution in [3.05, 3.63) is 53.6 Å². The molecule has 2 aromatic rings. The molecule has 57 heavy (non-hydrogen) atoms. The summed E-state index contributed by atoms with van der Waals surface area (Å²) in [6.07, 6.45) is 1.63. The standard InChI is InChI=1S/C41H51F3N8O4S/c1-25-22-49(23-26(2)50(25)24-36(54)47-30-9-5-8-29(19-30)46-34-16-17-35(53)48-37(34)55)18-6-7-27-10-13-31(14-11-27)52-39(57)51(38(56)40(52,3)4)32-15-12-28(21-45)33(20-32)41(42,43)44/h5,8-9,12,15,19-20,25-27,31,34,46H,6-7,10-11,13-14,16-18,22-24H2,1-4H3,(H,47,54)(H,48,53,55)/t25-,26+,27-,31-,34-/m0/s1. The number of carbonyl (C=O) groups is 4. The minimum atomic E-state index is -4.75. The largest absolute Gasteiger partial charge is 0.417 e. The van der Waals surface area contributed by atoms with Gasteiger partial charge in [0.05, 0.1) is 29.4 Å². The van der Waals surface area contributed by atoms with E-state index in [9.17, 15) is 37.6 Å². The van der Waals surface area contributed by atoms with Crippen molar-refractivity contribution in [1.82, 2.24) is 20.0 Å². The molecule has 1 saturated carbocycles. The lowest BCUT2D eigenvalue weighted by molar-refractivity contribution is -0.138. The second-order valence-corrected chi connectivity index (χ2v) is 16.8. The lowest BCUT2D eigenvalue weighted by Crippen LogP contribution is -2.58. The van der Waals surface area contributed by atoms with Crippen molar-refractivity contribution in [1.29, 1.82) is 5.26 Å². The molecule has 1 aliphatic carbocycles. The van der Waals surface area contributed by atoms with E-state index in [0.717, 1.165) is 70.3 Å². The Labute approximate surface area is 337 Å². The number of thiocarbonyl (C=S) groups is 1. The predicted molar refractivity (Wildman–Crippen MR) is 214 cm³/mol. The average molecular weight is 809 g/mol. The van der Waals surface area contributed by atoms with Crippen molar-refractivity contribution in [2.75, 3.05) is 41.7 Å². The fourth-order valence-corrected chi connectivity index (χ4v) is 9.56. The van der Waals surface area contributed by atoms with E-state index in [0.29, 0.717) is 23.7 Å². The molecule has 2 aromatic carbocycles. The summed E-state index contributed by atoms with van der Waals surface area (Å²) in [6.45, 7) is 10.7. The Kier molecular flexibility index (Phi) is 12.6. The number of alkyl halides is 3. The minimum absolute atomic E-state index is 0.0106. The average Bonchev–Trinajstić information content (AvgIpc) is 3.32. The Morgan fingerprint density at radius 3 is 2.33 bits per heavy atom. The Balaban J connectivity index is 0.943. The van der Waals surface area contributed by atoms with Gasteiger partial charge in [-0.2, -0.15) is 18.4 Å². The third-order valence-electron chi connectivity index (χ3n) is 11.9. The van der Waals surface area contributed by atoms with Gasteiger partial charge in [0.25, 0.3) is 5.91 Å². The zero-order chi connectivity index (χ0) is 41.2. The van der Waals surface area contributed by atoms with Gasteiger partial charge < -0.3 is 20.4 Å². The maximum Gasteiger partial charge on any atom is 0.417 e. The van der Waals surface area contributed by atoms with Gasteiger partial charge >= 0.3 is 6.18 Å². The second kappa shape index (κ2) is 17.1. The van der Waals surface area contributed by atoms with Gasteiger partial charge in [0.15, 0.2) is 5.11 Å². The van der Waals surface area contributed by atoms with Crippen LogP contribution in [-0.4, -0.2) is 99.3 Å². The number of benzene rings is 2. The van der Waals surface area contributed by atoms with Crippen LogP contribution in [0.15, 0.2) is 42.5 Å². The molecule has 0 bridgehead atoms. The molecular weight excluding hydrogens is 758 g/mol. The van der Waals surface area contributed by atoms with E-state index >= 15 is 0 Å². The topological polar surface area (TPSA) is 141 Å². The number of piperazine rings is 1. The molecule has 0 unspecified atom stereocenters. The van der Waals surface area contributed by atoms with Gasteiger partial charge in [-0.25, -0.2) is 0 Å². The molecule has 3 heterocycles. The van der Waals surface area contributed by atoms with Crippen LogP contribution >= 0.6 is 12.2 Å². The fourth-order valence-electron chi connectivity index (χ4n) is 9.00. The number of halogens is 3. The number of carbonyl (C=O) groups excluding carboxylic acids is 4. The molecule has 12 nitrogen and oxygen atoms in total. The number of nitrogens with one attached hydrogen (secondary N) is 3. The summed E-state index contributed by atoms with van der Waals surface area (Å²) in [5, 5.41) is 17.9. The third-order valence-corrected chi connectivity index (χ3v) is 12.3. The normalized spacial score (nSPS) is 26.0. The highest BCUT2D eigenvalue weighted by Crippen LogP contribution is 2.41. The number of hydrogen-bond acceptors (Lipinski definition) is 9. The zero-order valence-electron chi connectivity index (χ0n) is 32.8. The van der Waals surface area contributed by atoms with Crippen LogP contribution in [-0.2, 0) is 25.4 Å². The molecule has 3 aliphatic heterocycles. The van der Waals surface area contributed by atoms with Gasteiger partial charge in [-0.3, -0.25) is 34.3 Å². The van der Waals surface area contributed by atoms with Crippen molar-refractivity contribution in [3.8, 4) is 6.07 Å². The number of rotatable bonds is 11. The molecule has 306 valence electrons. The van der Waals surface area contributed by atoms with Crippen LogP contribution < -0.4 is 20.9 Å². The van der Waals surface area contributed by atoms with Crippen LogP contribution in [0.1, 0.15) is 90.2 Å². The van der Waals surface area contributed by atoms with E-state index in [1.54, 1.807) is 38.1 Å². The second-order valence-electron chi connectivity index (χ2n) is 16.4. The molecule has 0 spiro atoms. The first-order valence-corrected chi connectivity index (χ1v) is 20.1. The van der Waals surface area contributed by atoms with Crippen molar-refractivity contribution in [2.24, 2.45) is 5.92 Å². The molecule has 3 N–H and O–H groups in total. The summed E-state index contributed by atoms with van der Waals surface area (Å²) in [4.78, 5) is 58.2. The Hall–Kier alpha value is -4.59. The minimum Gasteiger partial charge on any atom is -0.374 e. The molecule has 6 rings (SSSR count). The quantitative estimate of drug-likeness (QED) is 0.186. The van der Waals surface area contributed by atoms with E-state index in [1.165, 1.54) is 11.0 Å². The summed E-state index contributed by atoms with van der Waals surface area (Å²) in [7, 11) is 0. The van der Waals surface area contributed by atoms with E-state index in [-0.39, 0.29) is 65.5 Å². The highest BCUT2D eigenvalue weighted by molar-refractivity contribution is 7.80. The van der Waals surface area contributed by atoms with E-state index in [4.69, 9.17) is 12.2 Å². The van der Waals surface area contributed by atoms with E-state index in [1.807, 2.05) is 11.0 Å². The lowest BCUT2D eigenvalue weighted by Gasteiger charge is -2.44. The molecule has 4 aliphatic rings. The summed E-state index contributed by atoms with van der Waals surface area (Å²) in [5.74, 6) is -0.603. The summed E-state index contributed by atoms with van der Waals surface area (Å²) < 4.78 is 41.2. The maximum atomic E-state index is 13.7. The SMILES string of the molecule is C[C@@H]1CN(CCC[C@H]2CC[C@H](N3C(=S)N(c4ccc(C#N)c(C(F)(F)F)c4)C(=O)C3(C)C)CC2)C[C@H](C)N1CC(=O)Nc1cccc(N[C@H]2CCC(=O)NC2=O)c1. The molecule has 16 heteroatoms. The Morgan fingerprint density at radius 1 is 1.00 bits per heavy atom. The van der Waals surface area contributed by atoms with E-state index in [2.05, 4.69) is 39.6 Å². The van der Waals surface area contributed by atoms with Gasteiger partial charge in [0.2, 0.25) is 17.7 Å². The van der Waals surface area contributed by atoms with Gasteiger partial charge in [0, 0.05) is 49.0 Å². The van der Waals surface area contributed by atoms with Gasteiger partial charge in [-0.15, -0.1) is 0 Å². The fraction of sp³-hybridized carbons (Fsp3) is 0.561. The first kappa shape index (κ1) is 42.0. The van der Waals surface area contributed by atoms with Crippen molar-refractivity contribution < 1.29 is 32.3 Å². The molecule has 4 fully saturated rings. The maximum absolute atomic E-state index is 13.7. The number of piperidine rings is 1. The number of anilines is 3. The Bertz CT molecular complexity index is 1920. The van der Waals surface area contributed by atoms with Crippen molar-refractivity contribution >= 4 is 58.0 Å². The monoisotopic (exact) mass is 808 g/mol. The molecule has 4 amide bonds. The summed E-state index contributed by atoms with van der Waals surface area (Å²) >= 11 is 5.77. The Morgan fingerprint density at radius 2 is 1.68 bits per heavy atom. The van der Waals surface area contributed by atoms with Gasteiger partial charge in [0.1, 0.15) is 11.6 Å². The van der Waals surface area contributed by atoms with Gasteiger partial charge in [-0.05, 0) is 134 Å². The smallest absolute Gasteiger partial charge is 0.374 e. The number of imide groups is 1. The molecular formula is C41H51F3N8O4S. The molecule has 0 radical (unpaired) electrons. The van der Waals surface area contributed by atoms with Crippen LogP contribution in [0.5, 0.6) is 0 Å². The molecule has 0 aromatic heterocycles. The van der Waals surface area contributed by atoms with E-state index < -0.39 is 28.9 Å². The molecule has 3 saturated heterocycles. The van der Waals surface area contributed by atoms with Crippen LogP contribution in [0.4, 0.5) is 30.2 Å². The predicted octanol–water partition coefficient (Wildman–Crippen LogP) is 5.88. The van der Waals surface area contributed by atoms with Crippen molar-refractivity contribution in [2.45, 2.75) is 115 Å². The lowest BCUT2D eigenvalue weighted by atomic mass is 9.82. The van der Waals surface area contributed by atoms with Gasteiger partial charge in [-0.1, -0.05) is 6.07 Å². The first-order chi connectivity index (χ1) is 27.0. The summed E-state index contributed by atoms with van der Waals surface area (Å²) in [6, 6.07) is 11.9. The highest BCUT2D eigenvalue weighted by Gasteiger charge is 2.52. The van der Waals surface area contributed by atoms with Crippen LogP contribution in [0, 0.1) is 17.2 Å².